The van der Waals surface area contributed by atoms with Gasteiger partial charge in [-0.25, -0.2) is 0 Å². The zero-order valence-corrected chi connectivity index (χ0v) is 20.3. The van der Waals surface area contributed by atoms with Crippen LogP contribution in [0.3, 0.4) is 0 Å². The average Bonchev–Trinajstić information content (AvgIpc) is 2.84. The average molecular weight is 451 g/mol. The maximum atomic E-state index is 13.3. The van der Waals surface area contributed by atoms with Crippen LogP contribution in [0.5, 0.6) is 5.75 Å². The first-order chi connectivity index (χ1) is 16.0. The Balaban J connectivity index is 1.71. The smallest absolute Gasteiger partial charge is 0.261 e. The van der Waals surface area contributed by atoms with E-state index in [0.29, 0.717) is 24.6 Å². The Morgan fingerprint density at radius 2 is 1.67 bits per heavy atom. The summed E-state index contributed by atoms with van der Waals surface area (Å²) >= 11 is 0. The molecule has 0 aliphatic heterocycles. The number of carbonyl (C=O) groups excluding carboxylic acids is 2. The third-order valence-corrected chi connectivity index (χ3v) is 6.44. The van der Waals surface area contributed by atoms with Gasteiger partial charge in [-0.05, 0) is 48.4 Å². The van der Waals surface area contributed by atoms with Gasteiger partial charge in [0.1, 0.15) is 11.8 Å². The number of carbonyl (C=O) groups is 2. The first-order valence-electron chi connectivity index (χ1n) is 12.3. The van der Waals surface area contributed by atoms with Gasteiger partial charge < -0.3 is 15.0 Å². The van der Waals surface area contributed by atoms with Crippen LogP contribution in [-0.4, -0.2) is 35.4 Å². The van der Waals surface area contributed by atoms with Gasteiger partial charge in [-0.1, -0.05) is 82.5 Å². The molecule has 2 aromatic carbocycles. The van der Waals surface area contributed by atoms with Crippen molar-refractivity contribution in [1.29, 1.82) is 0 Å². The van der Waals surface area contributed by atoms with E-state index < -0.39 is 6.04 Å². The summed E-state index contributed by atoms with van der Waals surface area (Å²) in [6, 6.07) is 17.4. The van der Waals surface area contributed by atoms with Crippen LogP contribution in [0.2, 0.25) is 0 Å². The Morgan fingerprint density at radius 3 is 2.27 bits per heavy atom. The zero-order chi connectivity index (χ0) is 23.6. The molecular formula is C28H38N2O3. The molecule has 0 aromatic heterocycles. The lowest BCUT2D eigenvalue weighted by molar-refractivity contribution is -0.143. The number of amides is 2. The molecule has 5 nitrogen and oxygen atoms in total. The molecule has 178 valence electrons. The van der Waals surface area contributed by atoms with E-state index in [2.05, 4.69) is 19.2 Å². The summed E-state index contributed by atoms with van der Waals surface area (Å²) in [5.41, 5.74) is 2.22. The molecule has 1 saturated carbocycles. The first-order valence-corrected chi connectivity index (χ1v) is 12.3. The molecule has 33 heavy (non-hydrogen) atoms. The fraction of sp³-hybridized carbons (Fsp3) is 0.500. The van der Waals surface area contributed by atoms with E-state index in [0.717, 1.165) is 31.2 Å². The Hall–Kier alpha value is -2.82. The van der Waals surface area contributed by atoms with Crippen molar-refractivity contribution >= 4 is 11.8 Å². The third kappa shape index (κ3) is 7.34. The molecular weight excluding hydrogens is 412 g/mol. The van der Waals surface area contributed by atoms with E-state index in [-0.39, 0.29) is 24.5 Å². The minimum absolute atomic E-state index is 0.0602. The summed E-state index contributed by atoms with van der Waals surface area (Å²) in [5.74, 6) is 0.856. The van der Waals surface area contributed by atoms with Crippen LogP contribution in [-0.2, 0) is 16.1 Å². The zero-order valence-electron chi connectivity index (χ0n) is 20.3. The van der Waals surface area contributed by atoms with Gasteiger partial charge in [-0.2, -0.15) is 0 Å². The van der Waals surface area contributed by atoms with Crippen LogP contribution >= 0.6 is 0 Å². The van der Waals surface area contributed by atoms with Gasteiger partial charge in [0.25, 0.3) is 5.91 Å². The Kier molecular flexibility index (Phi) is 9.35. The van der Waals surface area contributed by atoms with E-state index in [1.807, 2.05) is 61.5 Å². The quantitative estimate of drug-likeness (QED) is 0.524. The van der Waals surface area contributed by atoms with Crippen LogP contribution in [0.25, 0.3) is 0 Å². The van der Waals surface area contributed by atoms with Crippen LogP contribution in [0.1, 0.15) is 76.3 Å². The molecule has 0 spiro atoms. The van der Waals surface area contributed by atoms with Crippen LogP contribution in [0, 0.1) is 0 Å². The highest BCUT2D eigenvalue weighted by Gasteiger charge is 2.30. The molecule has 3 rings (SSSR count). The Bertz CT molecular complexity index is 874. The number of hydrogen-bond donors (Lipinski definition) is 1. The summed E-state index contributed by atoms with van der Waals surface area (Å²) in [4.78, 5) is 28.2. The molecule has 0 bridgehead atoms. The van der Waals surface area contributed by atoms with Crippen molar-refractivity contribution in [3.63, 3.8) is 0 Å². The number of ether oxygens (including phenoxy) is 1. The third-order valence-electron chi connectivity index (χ3n) is 6.44. The fourth-order valence-electron chi connectivity index (χ4n) is 4.42. The second-order valence-corrected chi connectivity index (χ2v) is 9.29. The molecule has 0 heterocycles. The molecule has 0 unspecified atom stereocenters. The van der Waals surface area contributed by atoms with Crippen molar-refractivity contribution in [2.45, 2.75) is 83.8 Å². The molecule has 2 aromatic rings. The highest BCUT2D eigenvalue weighted by atomic mass is 16.5. The first kappa shape index (κ1) is 24.8. The van der Waals surface area contributed by atoms with Crippen molar-refractivity contribution in [2.75, 3.05) is 6.61 Å². The second kappa shape index (κ2) is 12.4. The maximum Gasteiger partial charge on any atom is 0.261 e. The standard InChI is InChI=1S/C28H38N2O3/c1-4-26(28(32)29-24-13-9-6-10-14-24)30(19-22-11-7-5-8-12-22)27(31)20-33-25-17-15-23(16-18-25)21(2)3/h5,7-8,11-12,15-18,21,24,26H,4,6,9-10,13-14,19-20H2,1-3H3,(H,29,32)/t26-/m0/s1. The topological polar surface area (TPSA) is 58.6 Å². The van der Waals surface area contributed by atoms with Crippen molar-refractivity contribution < 1.29 is 14.3 Å². The van der Waals surface area contributed by atoms with Gasteiger partial charge in [-0.3, -0.25) is 9.59 Å². The molecule has 2 amide bonds. The number of nitrogens with zero attached hydrogens (tertiary/aromatic N) is 1. The van der Waals surface area contributed by atoms with E-state index in [9.17, 15) is 9.59 Å². The highest BCUT2D eigenvalue weighted by Crippen LogP contribution is 2.21. The number of nitrogens with one attached hydrogen (secondary N) is 1. The van der Waals surface area contributed by atoms with E-state index in [1.165, 1.54) is 12.0 Å². The highest BCUT2D eigenvalue weighted by molar-refractivity contribution is 5.88. The minimum atomic E-state index is -0.522. The lowest BCUT2D eigenvalue weighted by Crippen LogP contribution is -2.52. The molecule has 1 N–H and O–H groups in total. The summed E-state index contributed by atoms with van der Waals surface area (Å²) < 4.78 is 5.82. The van der Waals surface area contributed by atoms with E-state index in [4.69, 9.17) is 4.74 Å². The fourth-order valence-corrected chi connectivity index (χ4v) is 4.42. The number of benzene rings is 2. The molecule has 1 atom stereocenters. The summed E-state index contributed by atoms with van der Waals surface area (Å²) in [5, 5.41) is 3.21. The second-order valence-electron chi connectivity index (χ2n) is 9.29. The predicted molar refractivity (Wildman–Crippen MR) is 132 cm³/mol. The SMILES string of the molecule is CC[C@@H](C(=O)NC1CCCCC1)N(Cc1ccccc1)C(=O)COc1ccc(C(C)C)cc1. The van der Waals surface area contributed by atoms with Crippen molar-refractivity contribution in [2.24, 2.45) is 0 Å². The number of hydrogen-bond acceptors (Lipinski definition) is 3. The molecule has 0 saturated heterocycles. The normalized spacial score (nSPS) is 15.2. The van der Waals surface area contributed by atoms with Gasteiger partial charge in [0.05, 0.1) is 0 Å². The van der Waals surface area contributed by atoms with Crippen molar-refractivity contribution in [3.05, 3.63) is 65.7 Å². The summed E-state index contributed by atoms with van der Waals surface area (Å²) in [6.45, 7) is 6.53. The maximum absolute atomic E-state index is 13.3. The minimum Gasteiger partial charge on any atom is -0.484 e. The van der Waals surface area contributed by atoms with Gasteiger partial charge >= 0.3 is 0 Å². The van der Waals surface area contributed by atoms with Gasteiger partial charge in [-0.15, -0.1) is 0 Å². The Labute approximate surface area is 198 Å². The van der Waals surface area contributed by atoms with Crippen LogP contribution in [0.4, 0.5) is 0 Å². The van der Waals surface area contributed by atoms with Crippen molar-refractivity contribution in [3.8, 4) is 5.75 Å². The van der Waals surface area contributed by atoms with Gasteiger partial charge in [0.2, 0.25) is 5.91 Å². The molecule has 0 radical (unpaired) electrons. The lowest BCUT2D eigenvalue weighted by atomic mass is 9.95. The number of rotatable bonds is 10. The molecule has 1 aliphatic rings. The summed E-state index contributed by atoms with van der Waals surface area (Å²) in [7, 11) is 0. The summed E-state index contributed by atoms with van der Waals surface area (Å²) in [6.07, 6.45) is 6.13. The molecule has 1 fully saturated rings. The van der Waals surface area contributed by atoms with Gasteiger partial charge in [0.15, 0.2) is 6.61 Å². The molecule has 5 heteroatoms. The molecule has 1 aliphatic carbocycles. The monoisotopic (exact) mass is 450 g/mol. The van der Waals surface area contributed by atoms with Gasteiger partial charge in [0, 0.05) is 12.6 Å². The van der Waals surface area contributed by atoms with E-state index in [1.54, 1.807) is 4.90 Å². The predicted octanol–water partition coefficient (Wildman–Crippen LogP) is 5.45. The van der Waals surface area contributed by atoms with Crippen molar-refractivity contribution in [1.82, 2.24) is 10.2 Å². The van der Waals surface area contributed by atoms with Crippen LogP contribution < -0.4 is 10.1 Å². The largest absolute Gasteiger partial charge is 0.484 e. The Morgan fingerprint density at radius 1 is 1.00 bits per heavy atom. The lowest BCUT2D eigenvalue weighted by Gasteiger charge is -2.32. The van der Waals surface area contributed by atoms with Crippen LogP contribution in [0.15, 0.2) is 54.6 Å². The van der Waals surface area contributed by atoms with E-state index >= 15 is 0 Å².